The lowest BCUT2D eigenvalue weighted by atomic mass is 9.80. The first-order valence-electron chi connectivity index (χ1n) is 13.1. The molecule has 0 spiro atoms. The standard InChI is InChI=1S/C29H31F4N3O3S/c1-19-26-16-34-36(24-10-8-23(30)9-11-24)27(26)15-21-6-7-22(28(19)21)17-35(40(37,38)18-29(31,32)33)13-12-20-4-3-5-25(14-20)39-2/h3-5,8-11,14-16,19,22,34H,6-7,12-13,17-18H2,1-2H3/t19-,22+/m0/s1. The van der Waals surface area contributed by atoms with Gasteiger partial charge in [-0.1, -0.05) is 24.6 Å². The van der Waals surface area contributed by atoms with Gasteiger partial charge in [0.15, 0.2) is 5.75 Å². The van der Waals surface area contributed by atoms with Crippen LogP contribution in [0.25, 0.3) is 0 Å². The van der Waals surface area contributed by atoms with Crippen molar-refractivity contribution in [3.05, 3.63) is 94.6 Å². The highest BCUT2D eigenvalue weighted by molar-refractivity contribution is 7.89. The number of benzene rings is 2. The summed E-state index contributed by atoms with van der Waals surface area (Å²) in [5, 5.41) is 1.87. The van der Waals surface area contributed by atoms with Crippen LogP contribution in [0.15, 0.2) is 83.2 Å². The zero-order valence-corrected chi connectivity index (χ0v) is 23.0. The van der Waals surface area contributed by atoms with Gasteiger partial charge in [-0.3, -0.25) is 5.01 Å². The summed E-state index contributed by atoms with van der Waals surface area (Å²) in [6.07, 6.45) is 0.686. The third kappa shape index (κ3) is 5.90. The third-order valence-corrected chi connectivity index (χ3v) is 9.55. The monoisotopic (exact) mass is 577 g/mol. The number of halogens is 4. The third-order valence-electron chi connectivity index (χ3n) is 7.73. The lowest BCUT2D eigenvalue weighted by Crippen LogP contribution is -2.42. The van der Waals surface area contributed by atoms with E-state index in [-0.39, 0.29) is 37.2 Å². The highest BCUT2D eigenvalue weighted by atomic mass is 32.2. The molecular formula is C29H31F4N3O3S. The van der Waals surface area contributed by atoms with E-state index in [0.717, 1.165) is 38.0 Å². The zero-order chi connectivity index (χ0) is 28.7. The van der Waals surface area contributed by atoms with Gasteiger partial charge in [-0.15, -0.1) is 0 Å². The number of fused-ring (bicyclic) bond motifs is 1. The number of anilines is 1. The Morgan fingerprint density at radius 2 is 1.90 bits per heavy atom. The molecule has 0 fully saturated rings. The van der Waals surface area contributed by atoms with Gasteiger partial charge in [-0.2, -0.15) is 13.2 Å². The summed E-state index contributed by atoms with van der Waals surface area (Å²) < 4.78 is 85.6. The fraction of sp³-hybridized carbons (Fsp3) is 0.379. The second-order valence-electron chi connectivity index (χ2n) is 10.3. The van der Waals surface area contributed by atoms with E-state index in [9.17, 15) is 26.0 Å². The number of hydrogen-bond donors (Lipinski definition) is 1. The fourth-order valence-electron chi connectivity index (χ4n) is 5.88. The molecule has 40 heavy (non-hydrogen) atoms. The van der Waals surface area contributed by atoms with E-state index in [2.05, 4.69) is 11.5 Å². The van der Waals surface area contributed by atoms with Crippen molar-refractivity contribution in [1.82, 2.24) is 9.73 Å². The number of allylic oxidation sites excluding steroid dienone is 3. The largest absolute Gasteiger partial charge is 0.497 e. The first kappa shape index (κ1) is 28.2. The lowest BCUT2D eigenvalue weighted by Gasteiger charge is -2.32. The van der Waals surface area contributed by atoms with Gasteiger partial charge in [0.2, 0.25) is 10.0 Å². The minimum absolute atomic E-state index is 0.0168. The molecule has 0 aromatic heterocycles. The molecule has 0 saturated heterocycles. The molecule has 0 amide bonds. The number of methoxy groups -OCH3 is 1. The van der Waals surface area contributed by atoms with Crippen molar-refractivity contribution in [3.63, 3.8) is 0 Å². The number of alkyl halides is 3. The van der Waals surface area contributed by atoms with E-state index in [1.807, 2.05) is 18.1 Å². The number of hydrogen-bond acceptors (Lipinski definition) is 5. The van der Waals surface area contributed by atoms with Crippen LogP contribution in [0.4, 0.5) is 23.2 Å². The summed E-state index contributed by atoms with van der Waals surface area (Å²) >= 11 is 0. The van der Waals surface area contributed by atoms with Crippen LogP contribution in [-0.2, 0) is 16.4 Å². The van der Waals surface area contributed by atoms with Crippen molar-refractivity contribution >= 4 is 15.7 Å². The van der Waals surface area contributed by atoms with E-state index in [0.29, 0.717) is 18.6 Å². The average molecular weight is 578 g/mol. The summed E-state index contributed by atoms with van der Waals surface area (Å²) in [4.78, 5) is 0. The molecule has 2 aromatic carbocycles. The molecule has 2 atom stereocenters. The SMILES string of the molecule is COc1cccc(CCN(C[C@H]2CCC3=C2[C@@H](C)C2=CNN(c4ccc(F)cc4)C2=C3)S(=O)(=O)CC(F)(F)F)c1. The molecule has 0 radical (unpaired) electrons. The van der Waals surface area contributed by atoms with Crippen molar-refractivity contribution in [3.8, 4) is 5.75 Å². The van der Waals surface area contributed by atoms with Crippen molar-refractivity contribution in [1.29, 1.82) is 0 Å². The smallest absolute Gasteiger partial charge is 0.404 e. The number of nitrogens with zero attached hydrogens (tertiary/aromatic N) is 2. The molecule has 1 aliphatic heterocycles. The second kappa shape index (κ2) is 10.9. The van der Waals surface area contributed by atoms with Crippen molar-refractivity contribution in [2.24, 2.45) is 11.8 Å². The molecule has 1 N–H and O–H groups in total. The van der Waals surface area contributed by atoms with Crippen LogP contribution >= 0.6 is 0 Å². The molecule has 1 heterocycles. The molecule has 6 nitrogen and oxygen atoms in total. The molecule has 0 bridgehead atoms. The fourth-order valence-corrected chi connectivity index (χ4v) is 7.25. The lowest BCUT2D eigenvalue weighted by molar-refractivity contribution is -0.107. The van der Waals surface area contributed by atoms with Gasteiger partial charge in [0.1, 0.15) is 11.6 Å². The summed E-state index contributed by atoms with van der Waals surface area (Å²) in [6, 6.07) is 13.2. The first-order valence-corrected chi connectivity index (χ1v) is 14.7. The molecular weight excluding hydrogens is 546 g/mol. The zero-order valence-electron chi connectivity index (χ0n) is 22.2. The number of sulfonamides is 1. The van der Waals surface area contributed by atoms with Gasteiger partial charge in [0.25, 0.3) is 0 Å². The van der Waals surface area contributed by atoms with E-state index >= 15 is 0 Å². The maximum Gasteiger partial charge on any atom is 0.404 e. The maximum absolute atomic E-state index is 13.5. The van der Waals surface area contributed by atoms with Crippen molar-refractivity contribution in [2.45, 2.75) is 32.4 Å². The number of rotatable bonds is 9. The predicted octanol–water partition coefficient (Wildman–Crippen LogP) is 5.72. The Morgan fingerprint density at radius 1 is 1.15 bits per heavy atom. The van der Waals surface area contributed by atoms with Gasteiger partial charge in [-0.25, -0.2) is 17.1 Å². The van der Waals surface area contributed by atoms with Gasteiger partial charge in [-0.05, 0) is 78.8 Å². The number of hydrazine groups is 1. The average Bonchev–Trinajstić information content (AvgIpc) is 3.50. The van der Waals surface area contributed by atoms with Crippen LogP contribution in [0.2, 0.25) is 0 Å². The van der Waals surface area contributed by atoms with E-state index in [1.165, 1.54) is 19.2 Å². The Balaban J connectivity index is 1.40. The van der Waals surface area contributed by atoms with Crippen LogP contribution in [-0.4, -0.2) is 44.9 Å². The molecule has 2 aliphatic carbocycles. The molecule has 214 valence electrons. The highest BCUT2D eigenvalue weighted by Gasteiger charge is 2.42. The van der Waals surface area contributed by atoms with Crippen LogP contribution < -0.4 is 15.2 Å². The minimum atomic E-state index is -4.84. The van der Waals surface area contributed by atoms with Crippen LogP contribution in [0.3, 0.4) is 0 Å². The Morgan fingerprint density at radius 3 is 2.60 bits per heavy atom. The quantitative estimate of drug-likeness (QED) is 0.387. The van der Waals surface area contributed by atoms with E-state index < -0.39 is 22.0 Å². The Kier molecular flexibility index (Phi) is 7.71. The molecule has 0 saturated carbocycles. The van der Waals surface area contributed by atoms with E-state index in [1.54, 1.807) is 36.4 Å². The summed E-state index contributed by atoms with van der Waals surface area (Å²) in [5.74, 6) is -1.90. The molecule has 2 aromatic rings. The normalized spacial score (nSPS) is 20.7. The van der Waals surface area contributed by atoms with Crippen LogP contribution in [0.5, 0.6) is 5.75 Å². The predicted molar refractivity (Wildman–Crippen MR) is 145 cm³/mol. The van der Waals surface area contributed by atoms with Crippen LogP contribution in [0, 0.1) is 17.7 Å². The van der Waals surface area contributed by atoms with Gasteiger partial charge >= 0.3 is 6.18 Å². The Bertz CT molecular complexity index is 1470. The number of nitrogens with one attached hydrogen (secondary N) is 1. The summed E-state index contributed by atoms with van der Waals surface area (Å²) in [6.45, 7) is 1.95. The first-order chi connectivity index (χ1) is 18.9. The molecule has 11 heteroatoms. The summed E-state index contributed by atoms with van der Waals surface area (Å²) in [7, 11) is -3.08. The molecule has 5 rings (SSSR count). The second-order valence-corrected chi connectivity index (χ2v) is 12.3. The van der Waals surface area contributed by atoms with E-state index in [4.69, 9.17) is 4.74 Å². The maximum atomic E-state index is 13.5. The Hall–Kier alpha value is -3.31. The van der Waals surface area contributed by atoms with Gasteiger partial charge in [0, 0.05) is 30.8 Å². The van der Waals surface area contributed by atoms with Gasteiger partial charge < -0.3 is 10.2 Å². The Labute approximate surface area is 231 Å². The molecule has 0 unspecified atom stereocenters. The van der Waals surface area contributed by atoms with Crippen LogP contribution in [0.1, 0.15) is 25.3 Å². The number of ether oxygens (including phenoxy) is 1. The van der Waals surface area contributed by atoms with Crippen molar-refractivity contribution < 1.29 is 30.7 Å². The topological polar surface area (TPSA) is 61.9 Å². The van der Waals surface area contributed by atoms with Crippen molar-refractivity contribution in [2.75, 3.05) is 31.0 Å². The van der Waals surface area contributed by atoms with Gasteiger partial charge in [0.05, 0.1) is 18.5 Å². The minimum Gasteiger partial charge on any atom is -0.497 e. The summed E-state index contributed by atoms with van der Waals surface area (Å²) in [5.41, 5.74) is 8.82. The highest BCUT2D eigenvalue weighted by Crippen LogP contribution is 2.48. The molecule has 3 aliphatic rings.